The number of carbonyl (C=O) groups excluding carboxylic acids is 2. The Morgan fingerprint density at radius 1 is 1.29 bits per heavy atom. The summed E-state index contributed by atoms with van der Waals surface area (Å²) in [6, 6.07) is 8.74. The molecule has 1 unspecified atom stereocenters. The van der Waals surface area contributed by atoms with Crippen molar-refractivity contribution in [3.63, 3.8) is 0 Å². The van der Waals surface area contributed by atoms with Crippen LogP contribution in [-0.2, 0) is 16.0 Å². The van der Waals surface area contributed by atoms with Crippen molar-refractivity contribution < 1.29 is 27.5 Å². The van der Waals surface area contributed by atoms with Gasteiger partial charge >= 0.3 is 6.36 Å². The Morgan fingerprint density at radius 3 is 2.64 bits per heavy atom. The normalized spacial score (nSPS) is 14.9. The van der Waals surface area contributed by atoms with E-state index in [9.17, 15) is 22.8 Å². The van der Waals surface area contributed by atoms with E-state index in [0.717, 1.165) is 0 Å². The molecule has 0 radical (unpaired) electrons. The topological polar surface area (TPSA) is 71.5 Å². The van der Waals surface area contributed by atoms with Crippen LogP contribution in [0.2, 0.25) is 0 Å². The summed E-state index contributed by atoms with van der Waals surface area (Å²) < 4.78 is 40.6. The first-order chi connectivity index (χ1) is 13.3. The fourth-order valence-corrected chi connectivity index (χ4v) is 3.04. The molecule has 1 aromatic heterocycles. The van der Waals surface area contributed by atoms with E-state index >= 15 is 0 Å². The van der Waals surface area contributed by atoms with E-state index in [2.05, 4.69) is 15.0 Å². The van der Waals surface area contributed by atoms with Crippen LogP contribution >= 0.6 is 0 Å². The molecule has 2 heterocycles. The first-order valence-electron chi connectivity index (χ1n) is 8.67. The average molecular weight is 393 g/mol. The van der Waals surface area contributed by atoms with Crippen LogP contribution in [0, 0.1) is 5.92 Å². The Morgan fingerprint density at radius 2 is 2.00 bits per heavy atom. The molecule has 1 N–H and O–H groups in total. The molecular weight excluding hydrogens is 375 g/mol. The van der Waals surface area contributed by atoms with Crippen molar-refractivity contribution in [2.75, 3.05) is 16.8 Å². The number of rotatable bonds is 5. The molecule has 2 aromatic rings. The second-order valence-corrected chi connectivity index (χ2v) is 6.35. The lowest BCUT2D eigenvalue weighted by Crippen LogP contribution is -2.45. The lowest BCUT2D eigenvalue weighted by atomic mass is 9.95. The molecule has 148 valence electrons. The summed E-state index contributed by atoms with van der Waals surface area (Å²) in [4.78, 5) is 30.5. The highest BCUT2D eigenvalue weighted by Crippen LogP contribution is 2.29. The average Bonchev–Trinajstić information content (AvgIpc) is 2.65. The molecule has 2 amide bonds. The molecule has 1 aromatic carbocycles. The van der Waals surface area contributed by atoms with Gasteiger partial charge in [-0.2, -0.15) is 0 Å². The maximum Gasteiger partial charge on any atom is 0.573 e. The number of benzene rings is 1. The number of alkyl halides is 3. The van der Waals surface area contributed by atoms with E-state index in [-0.39, 0.29) is 24.1 Å². The Hall–Kier alpha value is -3.10. The molecule has 1 atom stereocenters. The van der Waals surface area contributed by atoms with Gasteiger partial charge in [0.05, 0.1) is 5.69 Å². The van der Waals surface area contributed by atoms with Crippen molar-refractivity contribution in [1.29, 1.82) is 0 Å². The molecule has 28 heavy (non-hydrogen) atoms. The summed E-state index contributed by atoms with van der Waals surface area (Å²) in [5.74, 6) is -0.943. The van der Waals surface area contributed by atoms with Crippen molar-refractivity contribution in [2.45, 2.75) is 26.1 Å². The Bertz CT molecular complexity index is 869. The van der Waals surface area contributed by atoms with Crippen molar-refractivity contribution >= 4 is 23.3 Å². The Kier molecular flexibility index (Phi) is 5.53. The van der Waals surface area contributed by atoms with Gasteiger partial charge in [0.1, 0.15) is 12.3 Å². The molecule has 1 aliphatic heterocycles. The van der Waals surface area contributed by atoms with Crippen LogP contribution < -0.4 is 15.0 Å². The van der Waals surface area contributed by atoms with Gasteiger partial charge in [0.15, 0.2) is 5.82 Å². The summed E-state index contributed by atoms with van der Waals surface area (Å²) in [7, 11) is 0. The number of aromatic nitrogens is 1. The molecule has 0 aliphatic carbocycles. The summed E-state index contributed by atoms with van der Waals surface area (Å²) in [5.41, 5.74) is 1.16. The maximum absolute atomic E-state index is 13.0. The van der Waals surface area contributed by atoms with Gasteiger partial charge in [-0.05, 0) is 42.7 Å². The van der Waals surface area contributed by atoms with E-state index in [1.54, 1.807) is 12.1 Å². The number of nitrogens with zero attached hydrogens (tertiary/aromatic N) is 2. The molecule has 6 nitrogen and oxygen atoms in total. The minimum Gasteiger partial charge on any atom is -0.406 e. The Balaban J connectivity index is 1.75. The fourth-order valence-electron chi connectivity index (χ4n) is 3.04. The van der Waals surface area contributed by atoms with Crippen LogP contribution in [-0.4, -0.2) is 29.7 Å². The van der Waals surface area contributed by atoms with Crippen LogP contribution in [0.3, 0.4) is 0 Å². The number of pyridine rings is 1. The first-order valence-corrected chi connectivity index (χ1v) is 8.67. The predicted molar refractivity (Wildman–Crippen MR) is 95.8 cm³/mol. The number of hydrogen-bond acceptors (Lipinski definition) is 4. The number of ether oxygens (including phenoxy) is 1. The van der Waals surface area contributed by atoms with Crippen LogP contribution in [0.1, 0.15) is 18.9 Å². The van der Waals surface area contributed by atoms with Crippen molar-refractivity contribution in [2.24, 2.45) is 5.92 Å². The molecule has 0 spiro atoms. The summed E-state index contributed by atoms with van der Waals surface area (Å²) in [6.45, 7) is 1.71. The van der Waals surface area contributed by atoms with Gasteiger partial charge in [-0.3, -0.25) is 14.5 Å². The summed E-state index contributed by atoms with van der Waals surface area (Å²) >= 11 is 0. The highest BCUT2D eigenvalue weighted by atomic mass is 19.4. The lowest BCUT2D eigenvalue weighted by Gasteiger charge is -2.30. The van der Waals surface area contributed by atoms with E-state index in [1.807, 2.05) is 6.92 Å². The van der Waals surface area contributed by atoms with Crippen LogP contribution in [0.5, 0.6) is 5.75 Å². The smallest absolute Gasteiger partial charge is 0.406 e. The highest BCUT2D eigenvalue weighted by molar-refractivity contribution is 6.09. The second kappa shape index (κ2) is 7.87. The monoisotopic (exact) mass is 393 g/mol. The SMILES string of the molecule is CCC(Cc1ccc(OC(F)(F)F)cc1)C(=O)N1CC(=O)Nc2cccnc21. The van der Waals surface area contributed by atoms with Crippen LogP contribution in [0.25, 0.3) is 0 Å². The van der Waals surface area contributed by atoms with Gasteiger partial charge in [-0.1, -0.05) is 19.1 Å². The molecule has 0 saturated carbocycles. The molecule has 0 saturated heterocycles. The third-order valence-electron chi connectivity index (χ3n) is 4.37. The Labute approximate surface area is 159 Å². The fraction of sp³-hybridized carbons (Fsp3) is 0.316. The number of anilines is 2. The van der Waals surface area contributed by atoms with E-state index < -0.39 is 12.3 Å². The number of hydrogen-bond donors (Lipinski definition) is 1. The van der Waals surface area contributed by atoms with Gasteiger partial charge in [-0.15, -0.1) is 13.2 Å². The van der Waals surface area contributed by atoms with Crippen molar-refractivity contribution in [1.82, 2.24) is 4.98 Å². The summed E-state index contributed by atoms with van der Waals surface area (Å²) in [5, 5.41) is 2.68. The number of nitrogens with one attached hydrogen (secondary N) is 1. The molecule has 0 bridgehead atoms. The predicted octanol–water partition coefficient (Wildman–Crippen LogP) is 3.53. The number of fused-ring (bicyclic) bond motifs is 1. The minimum atomic E-state index is -4.75. The quantitative estimate of drug-likeness (QED) is 0.844. The molecule has 3 rings (SSSR count). The molecule has 9 heteroatoms. The van der Waals surface area contributed by atoms with Gasteiger partial charge in [0, 0.05) is 12.1 Å². The third-order valence-corrected chi connectivity index (χ3v) is 4.37. The molecular formula is C19H18F3N3O3. The van der Waals surface area contributed by atoms with E-state index in [1.165, 1.54) is 35.4 Å². The minimum absolute atomic E-state index is 0.127. The molecule has 0 fully saturated rings. The van der Waals surface area contributed by atoms with Gasteiger partial charge < -0.3 is 10.1 Å². The molecule has 1 aliphatic rings. The largest absolute Gasteiger partial charge is 0.573 e. The van der Waals surface area contributed by atoms with Crippen molar-refractivity contribution in [3.8, 4) is 5.75 Å². The summed E-state index contributed by atoms with van der Waals surface area (Å²) in [6.07, 6.45) is -2.39. The zero-order valence-electron chi connectivity index (χ0n) is 15.0. The van der Waals surface area contributed by atoms with Gasteiger partial charge in [-0.25, -0.2) is 4.98 Å². The van der Waals surface area contributed by atoms with Crippen LogP contribution in [0.15, 0.2) is 42.6 Å². The number of halogens is 3. The second-order valence-electron chi connectivity index (χ2n) is 6.35. The third kappa shape index (κ3) is 4.59. The van der Waals surface area contributed by atoms with Crippen molar-refractivity contribution in [3.05, 3.63) is 48.2 Å². The zero-order valence-corrected chi connectivity index (χ0v) is 15.0. The van der Waals surface area contributed by atoms with E-state index in [4.69, 9.17) is 0 Å². The van der Waals surface area contributed by atoms with E-state index in [0.29, 0.717) is 29.9 Å². The zero-order chi connectivity index (χ0) is 20.3. The first kappa shape index (κ1) is 19.7. The van der Waals surface area contributed by atoms with Gasteiger partial charge in [0.25, 0.3) is 0 Å². The standard InChI is InChI=1S/C19H18F3N3O3/c1-2-13(10-12-5-7-14(8-6-12)28-19(20,21)22)18(27)25-11-16(26)24-15-4-3-9-23-17(15)25/h3-9,13H,2,10-11H2,1H3,(H,24,26). The van der Waals surface area contributed by atoms with Gasteiger partial charge in [0.2, 0.25) is 11.8 Å². The number of amides is 2. The van der Waals surface area contributed by atoms with Crippen LogP contribution in [0.4, 0.5) is 24.7 Å². The number of carbonyl (C=O) groups is 2. The highest BCUT2D eigenvalue weighted by Gasteiger charge is 2.32. The maximum atomic E-state index is 13.0. The lowest BCUT2D eigenvalue weighted by molar-refractivity contribution is -0.274.